The lowest BCUT2D eigenvalue weighted by Crippen LogP contribution is -2.36. The summed E-state index contributed by atoms with van der Waals surface area (Å²) in [6.45, 7) is 5.43. The molecule has 1 aliphatic heterocycles. The molecular weight excluding hydrogens is 556 g/mol. The summed E-state index contributed by atoms with van der Waals surface area (Å²) in [4.78, 5) is 26.4. The Morgan fingerprint density at radius 3 is 2.61 bits per heavy atom. The molecule has 0 radical (unpaired) electrons. The van der Waals surface area contributed by atoms with Crippen LogP contribution in [0.5, 0.6) is 5.75 Å². The molecule has 1 aliphatic rings. The molecule has 1 saturated heterocycles. The highest BCUT2D eigenvalue weighted by molar-refractivity contribution is 5.97. The fraction of sp³-hybridized carbons (Fsp3) is 0.333. The minimum Gasteiger partial charge on any atom is -0.494 e. The third-order valence-corrected chi connectivity index (χ3v) is 7.10. The Hall–Kier alpha value is -4.74. The standard InChI is InChI=1S/C33H40N8O3/c1-5-6-8-13-31(42)35-26-20-27(29(43-4)21-28(26)40-16-18-44-19-17-40)36-33-34-15-14-30(37-33)41-23-25(22-39(2)3)32(38-41)24-11-9-7-10-12-24/h6-12,14-15,20-21,23H,5,13,16-19,22H2,1-4H3,(H,35,42)(H,34,36,37). The minimum absolute atomic E-state index is 0.0972. The van der Waals surface area contributed by atoms with Crippen LogP contribution in [0, 0.1) is 0 Å². The summed E-state index contributed by atoms with van der Waals surface area (Å²) < 4.78 is 13.1. The zero-order chi connectivity index (χ0) is 30.9. The van der Waals surface area contributed by atoms with Crippen molar-refractivity contribution < 1.29 is 14.3 Å². The van der Waals surface area contributed by atoms with Crippen LogP contribution in [0.15, 0.2) is 73.1 Å². The molecule has 0 spiro atoms. The van der Waals surface area contributed by atoms with Crippen molar-refractivity contribution in [2.45, 2.75) is 26.3 Å². The number of carbonyl (C=O) groups is 1. The number of carbonyl (C=O) groups excluding carboxylic acids is 1. The summed E-state index contributed by atoms with van der Waals surface area (Å²) in [6.07, 6.45) is 8.74. The number of nitrogens with zero attached hydrogens (tertiary/aromatic N) is 6. The van der Waals surface area contributed by atoms with Crippen LogP contribution >= 0.6 is 0 Å². The van der Waals surface area contributed by atoms with Gasteiger partial charge in [0, 0.05) is 61.7 Å². The number of amides is 1. The number of allylic oxidation sites excluding steroid dienone is 1. The predicted octanol–water partition coefficient (Wildman–Crippen LogP) is 5.27. The highest BCUT2D eigenvalue weighted by Crippen LogP contribution is 2.38. The Balaban J connectivity index is 1.47. The van der Waals surface area contributed by atoms with Crippen molar-refractivity contribution in [1.82, 2.24) is 24.6 Å². The molecule has 0 unspecified atom stereocenters. The van der Waals surface area contributed by atoms with Gasteiger partial charge in [0.25, 0.3) is 0 Å². The lowest BCUT2D eigenvalue weighted by Gasteiger charge is -2.31. The monoisotopic (exact) mass is 596 g/mol. The molecule has 1 amide bonds. The van der Waals surface area contributed by atoms with E-state index in [9.17, 15) is 4.79 Å². The van der Waals surface area contributed by atoms with Crippen molar-refractivity contribution in [2.24, 2.45) is 0 Å². The van der Waals surface area contributed by atoms with E-state index in [4.69, 9.17) is 19.6 Å². The molecule has 0 saturated carbocycles. The maximum absolute atomic E-state index is 12.9. The van der Waals surface area contributed by atoms with Crippen molar-refractivity contribution in [3.63, 3.8) is 0 Å². The van der Waals surface area contributed by atoms with Crippen LogP contribution in [0.4, 0.5) is 23.0 Å². The minimum atomic E-state index is -0.0972. The van der Waals surface area contributed by atoms with Gasteiger partial charge in [-0.2, -0.15) is 10.1 Å². The Labute approximate surface area is 258 Å². The first-order valence-electron chi connectivity index (χ1n) is 14.8. The van der Waals surface area contributed by atoms with Gasteiger partial charge in [-0.15, -0.1) is 0 Å². The number of nitrogens with one attached hydrogen (secondary N) is 2. The average molecular weight is 597 g/mol. The lowest BCUT2D eigenvalue weighted by atomic mass is 10.1. The first-order chi connectivity index (χ1) is 21.4. The second kappa shape index (κ2) is 14.6. The van der Waals surface area contributed by atoms with Crippen LogP contribution in [0.1, 0.15) is 25.3 Å². The van der Waals surface area contributed by atoms with E-state index < -0.39 is 0 Å². The summed E-state index contributed by atoms with van der Waals surface area (Å²) >= 11 is 0. The molecule has 0 bridgehead atoms. The van der Waals surface area contributed by atoms with E-state index in [0.29, 0.717) is 61.6 Å². The van der Waals surface area contributed by atoms with Crippen LogP contribution in [0.25, 0.3) is 17.1 Å². The molecule has 11 heteroatoms. The smallest absolute Gasteiger partial charge is 0.229 e. The fourth-order valence-corrected chi connectivity index (χ4v) is 5.04. The number of hydrogen-bond donors (Lipinski definition) is 2. The van der Waals surface area contributed by atoms with Gasteiger partial charge in [0.05, 0.1) is 43.1 Å². The maximum Gasteiger partial charge on any atom is 0.229 e. The number of methoxy groups -OCH3 is 1. The summed E-state index contributed by atoms with van der Waals surface area (Å²) in [6, 6.07) is 15.8. The van der Waals surface area contributed by atoms with Crippen LogP contribution in [0.2, 0.25) is 0 Å². The van der Waals surface area contributed by atoms with Crippen LogP contribution in [-0.4, -0.2) is 78.1 Å². The van der Waals surface area contributed by atoms with E-state index in [1.807, 2.05) is 75.8 Å². The number of benzene rings is 2. The Bertz CT molecular complexity index is 1580. The second-order valence-electron chi connectivity index (χ2n) is 10.7. The molecule has 44 heavy (non-hydrogen) atoms. The molecule has 0 atom stereocenters. The second-order valence-corrected chi connectivity index (χ2v) is 10.7. The van der Waals surface area contributed by atoms with Gasteiger partial charge < -0.3 is 29.9 Å². The normalized spacial score (nSPS) is 13.4. The Morgan fingerprint density at radius 2 is 1.89 bits per heavy atom. The zero-order valence-electron chi connectivity index (χ0n) is 25.8. The molecule has 1 fully saturated rings. The predicted molar refractivity (Wildman–Crippen MR) is 174 cm³/mol. The molecular formula is C33H40N8O3. The summed E-state index contributed by atoms with van der Waals surface area (Å²) in [7, 11) is 5.69. The summed E-state index contributed by atoms with van der Waals surface area (Å²) in [5, 5.41) is 11.3. The first-order valence-corrected chi connectivity index (χ1v) is 14.8. The first kappa shape index (κ1) is 30.7. The van der Waals surface area contributed by atoms with E-state index in [1.165, 1.54) is 0 Å². The molecule has 2 aromatic carbocycles. The summed E-state index contributed by atoms with van der Waals surface area (Å²) in [5.41, 5.74) is 5.21. The molecule has 5 rings (SSSR count). The lowest BCUT2D eigenvalue weighted by molar-refractivity contribution is -0.115. The molecule has 0 aliphatic carbocycles. The van der Waals surface area contributed by atoms with Crippen LogP contribution in [-0.2, 0) is 16.1 Å². The van der Waals surface area contributed by atoms with Gasteiger partial charge in [-0.1, -0.05) is 49.4 Å². The van der Waals surface area contributed by atoms with E-state index >= 15 is 0 Å². The largest absolute Gasteiger partial charge is 0.494 e. The fourth-order valence-electron chi connectivity index (χ4n) is 5.04. The molecule has 3 heterocycles. The van der Waals surface area contributed by atoms with Gasteiger partial charge in [0.1, 0.15) is 5.75 Å². The molecule has 4 aromatic rings. The quantitative estimate of drug-likeness (QED) is 0.211. The van der Waals surface area contributed by atoms with E-state index in [-0.39, 0.29) is 5.91 Å². The van der Waals surface area contributed by atoms with Crippen LogP contribution in [0.3, 0.4) is 0 Å². The number of ether oxygens (including phenoxy) is 2. The molecule has 2 aromatic heterocycles. The van der Waals surface area contributed by atoms with Crippen LogP contribution < -0.4 is 20.3 Å². The third-order valence-electron chi connectivity index (χ3n) is 7.10. The van der Waals surface area contributed by atoms with Gasteiger partial charge in [-0.3, -0.25) is 4.79 Å². The van der Waals surface area contributed by atoms with Gasteiger partial charge in [0.2, 0.25) is 11.9 Å². The van der Waals surface area contributed by atoms with Crippen molar-refractivity contribution in [3.8, 4) is 22.8 Å². The zero-order valence-corrected chi connectivity index (χ0v) is 25.8. The van der Waals surface area contributed by atoms with Gasteiger partial charge in [0.15, 0.2) is 5.82 Å². The highest BCUT2D eigenvalue weighted by Gasteiger charge is 2.21. The van der Waals surface area contributed by atoms with Crippen molar-refractivity contribution in [1.29, 1.82) is 0 Å². The topological polar surface area (TPSA) is 110 Å². The molecule has 230 valence electrons. The summed E-state index contributed by atoms with van der Waals surface area (Å²) in [5.74, 6) is 1.49. The SMILES string of the molecule is CCC=CCC(=O)Nc1cc(Nc2nccc(-n3cc(CN(C)C)c(-c4ccccc4)n3)n2)c(OC)cc1N1CCOCC1. The number of rotatable bonds is 12. The van der Waals surface area contributed by atoms with Gasteiger partial charge in [-0.05, 0) is 26.6 Å². The number of hydrogen-bond acceptors (Lipinski definition) is 9. The maximum atomic E-state index is 12.9. The number of morpholine rings is 1. The average Bonchev–Trinajstić information content (AvgIpc) is 3.45. The number of anilines is 4. The van der Waals surface area contributed by atoms with Crippen molar-refractivity contribution >= 4 is 28.9 Å². The van der Waals surface area contributed by atoms with E-state index in [2.05, 4.69) is 37.6 Å². The van der Waals surface area contributed by atoms with E-state index in [1.54, 1.807) is 18.0 Å². The number of aromatic nitrogens is 4. The third kappa shape index (κ3) is 7.61. The van der Waals surface area contributed by atoms with Gasteiger partial charge >= 0.3 is 0 Å². The van der Waals surface area contributed by atoms with Crippen molar-refractivity contribution in [3.05, 3.63) is 78.6 Å². The van der Waals surface area contributed by atoms with Crippen molar-refractivity contribution in [2.75, 3.05) is 63.0 Å². The Morgan fingerprint density at radius 1 is 1.09 bits per heavy atom. The molecule has 11 nitrogen and oxygen atoms in total. The van der Waals surface area contributed by atoms with E-state index in [0.717, 1.165) is 35.5 Å². The molecule has 2 N–H and O–H groups in total. The Kier molecular flexibility index (Phi) is 10.2. The highest BCUT2D eigenvalue weighted by atomic mass is 16.5. The van der Waals surface area contributed by atoms with Gasteiger partial charge in [-0.25, -0.2) is 9.67 Å².